The number of aryl methyl sites for hydroxylation is 2. The van der Waals surface area contributed by atoms with Crippen molar-refractivity contribution in [3.05, 3.63) is 47.6 Å². The van der Waals surface area contributed by atoms with Crippen LogP contribution in [0.5, 0.6) is 0 Å². The van der Waals surface area contributed by atoms with Gasteiger partial charge in [0.1, 0.15) is 12.3 Å². The predicted molar refractivity (Wildman–Crippen MR) is 107 cm³/mol. The Hall–Kier alpha value is -3.16. The maximum atomic E-state index is 12.6. The van der Waals surface area contributed by atoms with Crippen molar-refractivity contribution >= 4 is 22.8 Å². The number of hydrogen-bond acceptors (Lipinski definition) is 5. The zero-order chi connectivity index (χ0) is 20.4. The molecule has 8 nitrogen and oxygen atoms in total. The molecule has 1 atom stereocenters. The van der Waals surface area contributed by atoms with E-state index in [0.717, 1.165) is 34.5 Å². The summed E-state index contributed by atoms with van der Waals surface area (Å²) in [5, 5.41) is 7.05. The Balaban J connectivity index is 1.35. The van der Waals surface area contributed by atoms with Gasteiger partial charge in [0, 0.05) is 24.6 Å². The second-order valence-electron chi connectivity index (χ2n) is 7.57. The Morgan fingerprint density at radius 1 is 1.28 bits per heavy atom. The molecule has 1 unspecified atom stereocenters. The Labute approximate surface area is 168 Å². The van der Waals surface area contributed by atoms with Crippen LogP contribution in [0.3, 0.4) is 0 Å². The monoisotopic (exact) mass is 395 g/mol. The molecule has 1 fully saturated rings. The lowest BCUT2D eigenvalue weighted by Gasteiger charge is -2.21. The molecule has 3 aromatic rings. The van der Waals surface area contributed by atoms with Crippen LogP contribution in [0.2, 0.25) is 0 Å². The van der Waals surface area contributed by atoms with Crippen molar-refractivity contribution in [3.63, 3.8) is 0 Å². The summed E-state index contributed by atoms with van der Waals surface area (Å²) >= 11 is 0. The number of para-hydroxylation sites is 2. The number of benzene rings is 1. The van der Waals surface area contributed by atoms with E-state index in [1.54, 1.807) is 6.33 Å². The zero-order valence-corrected chi connectivity index (χ0v) is 16.7. The van der Waals surface area contributed by atoms with E-state index in [1.165, 1.54) is 0 Å². The molecule has 1 aliphatic rings. The number of imidazole rings is 1. The van der Waals surface area contributed by atoms with Gasteiger partial charge in [-0.15, -0.1) is 0 Å². The quantitative estimate of drug-likeness (QED) is 0.716. The highest BCUT2D eigenvalue weighted by Gasteiger charge is 2.25. The first-order valence-electron chi connectivity index (χ1n) is 9.90. The molecule has 1 aliphatic heterocycles. The van der Waals surface area contributed by atoms with Gasteiger partial charge in [-0.05, 0) is 38.8 Å². The Morgan fingerprint density at radius 2 is 2.10 bits per heavy atom. The predicted octanol–water partition coefficient (Wildman–Crippen LogP) is 2.34. The lowest BCUT2D eigenvalue weighted by atomic mass is 10.1. The minimum absolute atomic E-state index is 0.0177. The van der Waals surface area contributed by atoms with E-state index in [1.807, 2.05) is 47.6 Å². The summed E-state index contributed by atoms with van der Waals surface area (Å²) < 4.78 is 7.05. The topological polar surface area (TPSA) is 93.3 Å². The summed E-state index contributed by atoms with van der Waals surface area (Å²) in [5.41, 5.74) is 3.59. The fourth-order valence-corrected chi connectivity index (χ4v) is 3.83. The maximum absolute atomic E-state index is 12.6. The molecule has 8 heteroatoms. The number of nitrogens with one attached hydrogen (secondary N) is 1. The normalized spacial score (nSPS) is 17.5. The molecule has 1 N–H and O–H groups in total. The molecule has 3 heterocycles. The lowest BCUT2D eigenvalue weighted by Crippen LogP contribution is -2.37. The number of carbonyl (C=O) groups excluding carboxylic acids is 2. The van der Waals surface area contributed by atoms with Crippen molar-refractivity contribution in [2.75, 3.05) is 6.54 Å². The molecule has 4 rings (SSSR count). The van der Waals surface area contributed by atoms with Crippen LogP contribution in [0, 0.1) is 13.8 Å². The van der Waals surface area contributed by atoms with Crippen LogP contribution in [-0.4, -0.2) is 44.0 Å². The number of carbonyl (C=O) groups is 2. The molecule has 0 spiro atoms. The van der Waals surface area contributed by atoms with E-state index in [-0.39, 0.29) is 24.4 Å². The minimum Gasteiger partial charge on any atom is -0.361 e. The molecular weight excluding hydrogens is 370 g/mol. The third-order valence-corrected chi connectivity index (χ3v) is 5.54. The summed E-state index contributed by atoms with van der Waals surface area (Å²) in [6, 6.07) is 7.72. The van der Waals surface area contributed by atoms with Crippen molar-refractivity contribution in [1.82, 2.24) is 24.9 Å². The van der Waals surface area contributed by atoms with Crippen LogP contribution in [0.25, 0.3) is 11.0 Å². The standard InChI is InChI=1S/C21H25N5O3/c1-14-17(15(2)29-24-14)11-25-10-9-16(7-8-21(25)28)23-20(27)12-26-13-22-18-5-3-4-6-19(18)26/h3-6,13,16H,7-12H2,1-2H3,(H,23,27). The van der Waals surface area contributed by atoms with Gasteiger partial charge in [0.05, 0.1) is 29.6 Å². The highest BCUT2D eigenvalue weighted by atomic mass is 16.5. The molecule has 152 valence electrons. The van der Waals surface area contributed by atoms with E-state index < -0.39 is 0 Å². The molecule has 0 saturated carbocycles. The summed E-state index contributed by atoms with van der Waals surface area (Å²) in [4.78, 5) is 31.3. The van der Waals surface area contributed by atoms with Gasteiger partial charge in [0.15, 0.2) is 0 Å². The van der Waals surface area contributed by atoms with Crippen molar-refractivity contribution in [2.24, 2.45) is 0 Å². The second-order valence-corrected chi connectivity index (χ2v) is 7.57. The van der Waals surface area contributed by atoms with E-state index in [0.29, 0.717) is 25.9 Å². The molecule has 29 heavy (non-hydrogen) atoms. The zero-order valence-electron chi connectivity index (χ0n) is 16.7. The number of amides is 2. The Morgan fingerprint density at radius 3 is 2.90 bits per heavy atom. The first kappa shape index (κ1) is 19.2. The molecule has 0 bridgehead atoms. The van der Waals surface area contributed by atoms with Crippen molar-refractivity contribution in [1.29, 1.82) is 0 Å². The van der Waals surface area contributed by atoms with E-state index in [4.69, 9.17) is 4.52 Å². The second kappa shape index (κ2) is 8.06. The fraction of sp³-hybridized carbons (Fsp3) is 0.429. The molecule has 0 radical (unpaired) electrons. The van der Waals surface area contributed by atoms with Crippen LogP contribution in [0.15, 0.2) is 35.1 Å². The molecule has 0 aliphatic carbocycles. The van der Waals surface area contributed by atoms with E-state index in [2.05, 4.69) is 15.5 Å². The van der Waals surface area contributed by atoms with Crippen LogP contribution >= 0.6 is 0 Å². The highest BCUT2D eigenvalue weighted by molar-refractivity contribution is 5.81. The number of rotatable bonds is 5. The third kappa shape index (κ3) is 4.16. The van der Waals surface area contributed by atoms with Crippen molar-refractivity contribution in [3.8, 4) is 0 Å². The van der Waals surface area contributed by atoms with Gasteiger partial charge in [0.25, 0.3) is 0 Å². The number of fused-ring (bicyclic) bond motifs is 1. The van der Waals surface area contributed by atoms with E-state index in [9.17, 15) is 9.59 Å². The summed E-state index contributed by atoms with van der Waals surface area (Å²) in [5.74, 6) is 0.782. The van der Waals surface area contributed by atoms with E-state index >= 15 is 0 Å². The van der Waals surface area contributed by atoms with Crippen LogP contribution in [0.1, 0.15) is 36.3 Å². The van der Waals surface area contributed by atoms with Gasteiger partial charge in [-0.3, -0.25) is 9.59 Å². The number of likely N-dealkylation sites (tertiary alicyclic amines) is 1. The number of aromatic nitrogens is 3. The van der Waals surface area contributed by atoms with Gasteiger partial charge < -0.3 is 19.3 Å². The third-order valence-electron chi connectivity index (χ3n) is 5.54. The maximum Gasteiger partial charge on any atom is 0.240 e. The number of hydrogen-bond donors (Lipinski definition) is 1. The first-order chi connectivity index (χ1) is 14.0. The first-order valence-corrected chi connectivity index (χ1v) is 9.90. The summed E-state index contributed by atoms with van der Waals surface area (Å²) in [6.07, 6.45) is 3.48. The average Bonchev–Trinajstić information content (AvgIpc) is 3.20. The lowest BCUT2D eigenvalue weighted by molar-refractivity contribution is -0.131. The van der Waals surface area contributed by atoms with Crippen LogP contribution in [-0.2, 0) is 22.7 Å². The van der Waals surface area contributed by atoms with Gasteiger partial charge >= 0.3 is 0 Å². The fourth-order valence-electron chi connectivity index (χ4n) is 3.83. The number of nitrogens with zero attached hydrogens (tertiary/aromatic N) is 4. The smallest absolute Gasteiger partial charge is 0.240 e. The van der Waals surface area contributed by atoms with Crippen molar-refractivity contribution < 1.29 is 14.1 Å². The van der Waals surface area contributed by atoms with Crippen LogP contribution < -0.4 is 5.32 Å². The highest BCUT2D eigenvalue weighted by Crippen LogP contribution is 2.19. The molecule has 1 saturated heterocycles. The minimum atomic E-state index is -0.0650. The van der Waals surface area contributed by atoms with Crippen molar-refractivity contribution in [2.45, 2.75) is 52.2 Å². The average molecular weight is 395 g/mol. The summed E-state index contributed by atoms with van der Waals surface area (Å²) in [7, 11) is 0. The molecule has 2 aromatic heterocycles. The van der Waals surface area contributed by atoms with Gasteiger partial charge in [-0.2, -0.15) is 0 Å². The van der Waals surface area contributed by atoms with Gasteiger partial charge in [-0.1, -0.05) is 17.3 Å². The molecule has 2 amide bonds. The van der Waals surface area contributed by atoms with Crippen LogP contribution in [0.4, 0.5) is 0 Å². The van der Waals surface area contributed by atoms with Gasteiger partial charge in [0.2, 0.25) is 11.8 Å². The molecular formula is C21H25N5O3. The van der Waals surface area contributed by atoms with Gasteiger partial charge in [-0.25, -0.2) is 4.98 Å². The molecule has 1 aromatic carbocycles. The SMILES string of the molecule is Cc1noc(C)c1CN1CCC(NC(=O)Cn2cnc3ccccc32)CCC1=O. The Kier molecular flexibility index (Phi) is 5.33. The largest absolute Gasteiger partial charge is 0.361 e. The Bertz CT molecular complexity index is 1020. The summed E-state index contributed by atoms with van der Waals surface area (Å²) in [6.45, 7) is 5.06.